The normalized spacial score (nSPS) is 19.4. The number of aliphatic hydroxyl groups is 1. The predicted octanol–water partition coefficient (Wildman–Crippen LogP) is 2.01. The van der Waals surface area contributed by atoms with E-state index in [1.165, 1.54) is 12.1 Å². The Hall–Kier alpha value is -3.04. The lowest BCUT2D eigenvalue weighted by molar-refractivity contribution is -0.0261. The molecule has 4 rings (SSSR count). The summed E-state index contributed by atoms with van der Waals surface area (Å²) in [5, 5.41) is 15.6. The third-order valence-corrected chi connectivity index (χ3v) is 5.92. The summed E-state index contributed by atoms with van der Waals surface area (Å²) >= 11 is 0. The van der Waals surface area contributed by atoms with E-state index < -0.39 is 23.9 Å². The van der Waals surface area contributed by atoms with Crippen molar-refractivity contribution in [2.24, 2.45) is 5.92 Å². The number of nitrogens with one attached hydrogen (secondary N) is 2. The molecular formula is C25H30FN3O5. The average molecular weight is 472 g/mol. The topological polar surface area (TPSA) is 110 Å². The van der Waals surface area contributed by atoms with Crippen LogP contribution in [0.25, 0.3) is 0 Å². The molecule has 0 bridgehead atoms. The number of rotatable bonds is 7. The lowest BCUT2D eigenvalue weighted by Gasteiger charge is -2.28. The second kappa shape index (κ2) is 10.5. The number of hydrogen-bond acceptors (Lipinski definition) is 6. The SMILES string of the molecule is CC(C)CNC(=O)c1ccc(Cc2cc(C(=O)N[C@H]3CCOC[C@@H]3O)nc3c2OCC3)cc1F. The van der Waals surface area contributed by atoms with Gasteiger partial charge in [0.05, 0.1) is 36.6 Å². The maximum absolute atomic E-state index is 14.7. The minimum absolute atomic E-state index is 0.00399. The Kier molecular flexibility index (Phi) is 7.43. The number of amides is 2. The fourth-order valence-corrected chi connectivity index (χ4v) is 4.09. The first-order valence-corrected chi connectivity index (χ1v) is 11.6. The van der Waals surface area contributed by atoms with Gasteiger partial charge in [-0.2, -0.15) is 0 Å². The van der Waals surface area contributed by atoms with Crippen LogP contribution in [0, 0.1) is 11.7 Å². The lowest BCUT2D eigenvalue weighted by atomic mass is 10.0. The Morgan fingerprint density at radius 1 is 1.24 bits per heavy atom. The molecule has 0 aliphatic carbocycles. The molecule has 1 aromatic carbocycles. The molecule has 1 fully saturated rings. The summed E-state index contributed by atoms with van der Waals surface area (Å²) in [7, 11) is 0. The fraction of sp³-hybridized carbons (Fsp3) is 0.480. The molecule has 3 heterocycles. The van der Waals surface area contributed by atoms with Crippen LogP contribution >= 0.6 is 0 Å². The smallest absolute Gasteiger partial charge is 0.270 e. The van der Waals surface area contributed by atoms with Gasteiger partial charge in [-0.25, -0.2) is 9.37 Å². The van der Waals surface area contributed by atoms with Gasteiger partial charge in [-0.3, -0.25) is 9.59 Å². The van der Waals surface area contributed by atoms with Crippen molar-refractivity contribution in [2.75, 3.05) is 26.4 Å². The van der Waals surface area contributed by atoms with Crippen LogP contribution in [0.2, 0.25) is 0 Å². The first-order chi connectivity index (χ1) is 16.3. The number of carbonyl (C=O) groups is 2. The van der Waals surface area contributed by atoms with Crippen molar-refractivity contribution in [1.29, 1.82) is 0 Å². The summed E-state index contributed by atoms with van der Waals surface area (Å²) in [4.78, 5) is 29.6. The first-order valence-electron chi connectivity index (χ1n) is 11.6. The molecule has 2 aliphatic heterocycles. The number of benzene rings is 1. The number of pyridine rings is 1. The Morgan fingerprint density at radius 3 is 2.79 bits per heavy atom. The average Bonchev–Trinajstić information content (AvgIpc) is 3.28. The second-order valence-electron chi connectivity index (χ2n) is 9.15. The fourth-order valence-electron chi connectivity index (χ4n) is 4.09. The van der Waals surface area contributed by atoms with Gasteiger partial charge in [-0.1, -0.05) is 19.9 Å². The van der Waals surface area contributed by atoms with Gasteiger partial charge in [-0.15, -0.1) is 0 Å². The first kappa shape index (κ1) is 24.1. The molecule has 2 amide bonds. The summed E-state index contributed by atoms with van der Waals surface area (Å²) in [5.41, 5.74) is 2.27. The van der Waals surface area contributed by atoms with Gasteiger partial charge in [0.15, 0.2) is 0 Å². The van der Waals surface area contributed by atoms with Crippen LogP contribution in [0.4, 0.5) is 4.39 Å². The zero-order chi connectivity index (χ0) is 24.2. The maximum Gasteiger partial charge on any atom is 0.270 e. The Balaban J connectivity index is 1.53. The summed E-state index contributed by atoms with van der Waals surface area (Å²) in [5.74, 6) is -0.551. The molecule has 3 N–H and O–H groups in total. The maximum atomic E-state index is 14.7. The minimum Gasteiger partial charge on any atom is -0.491 e. The molecule has 182 valence electrons. The molecule has 2 aliphatic rings. The van der Waals surface area contributed by atoms with Crippen LogP contribution in [0.5, 0.6) is 5.75 Å². The van der Waals surface area contributed by atoms with E-state index in [0.717, 1.165) is 5.56 Å². The standard InChI is InChI=1S/C25H30FN3O5/c1-14(2)12-27-24(31)17-4-3-15(10-18(17)26)9-16-11-21(28-20-6-8-34-23(16)20)25(32)29-19-5-7-33-13-22(19)30/h3-4,10-11,14,19,22,30H,5-9,12-13H2,1-2H3,(H,27,31)(H,29,32)/t19-,22-/m0/s1. The predicted molar refractivity (Wildman–Crippen MR) is 123 cm³/mol. The number of aliphatic hydroxyl groups excluding tert-OH is 1. The molecule has 0 radical (unpaired) electrons. The third-order valence-electron chi connectivity index (χ3n) is 5.92. The monoisotopic (exact) mass is 471 g/mol. The second-order valence-corrected chi connectivity index (χ2v) is 9.15. The van der Waals surface area contributed by atoms with E-state index in [1.807, 2.05) is 13.8 Å². The molecule has 0 unspecified atom stereocenters. The van der Waals surface area contributed by atoms with Gasteiger partial charge < -0.3 is 25.2 Å². The number of aromatic nitrogens is 1. The van der Waals surface area contributed by atoms with E-state index in [2.05, 4.69) is 15.6 Å². The number of halogens is 1. The molecule has 2 aromatic rings. The highest BCUT2D eigenvalue weighted by molar-refractivity contribution is 5.94. The van der Waals surface area contributed by atoms with Gasteiger partial charge >= 0.3 is 0 Å². The van der Waals surface area contributed by atoms with Crippen molar-refractivity contribution < 1.29 is 28.6 Å². The van der Waals surface area contributed by atoms with Crippen molar-refractivity contribution in [3.8, 4) is 5.75 Å². The van der Waals surface area contributed by atoms with Gasteiger partial charge in [0.1, 0.15) is 17.3 Å². The van der Waals surface area contributed by atoms with Crippen LogP contribution in [-0.2, 0) is 17.6 Å². The van der Waals surface area contributed by atoms with Crippen LogP contribution in [0.3, 0.4) is 0 Å². The molecule has 34 heavy (non-hydrogen) atoms. The quantitative estimate of drug-likeness (QED) is 0.570. The molecule has 2 atom stereocenters. The summed E-state index contributed by atoms with van der Waals surface area (Å²) in [6.07, 6.45) is 0.640. The lowest BCUT2D eigenvalue weighted by Crippen LogP contribution is -2.48. The van der Waals surface area contributed by atoms with E-state index in [4.69, 9.17) is 9.47 Å². The van der Waals surface area contributed by atoms with Crippen LogP contribution in [0.1, 0.15) is 57.9 Å². The van der Waals surface area contributed by atoms with Gasteiger partial charge in [0.2, 0.25) is 0 Å². The molecule has 0 saturated carbocycles. The zero-order valence-electron chi connectivity index (χ0n) is 19.4. The number of nitrogens with zero attached hydrogens (tertiary/aromatic N) is 1. The number of ether oxygens (including phenoxy) is 2. The van der Waals surface area contributed by atoms with E-state index in [-0.39, 0.29) is 29.7 Å². The van der Waals surface area contributed by atoms with Crippen molar-refractivity contribution >= 4 is 11.8 Å². The number of fused-ring (bicyclic) bond motifs is 1. The Labute approximate surface area is 197 Å². The summed E-state index contributed by atoms with van der Waals surface area (Å²) in [6, 6.07) is 5.76. The number of hydrogen-bond donors (Lipinski definition) is 3. The van der Waals surface area contributed by atoms with E-state index in [9.17, 15) is 19.1 Å². The molecule has 1 aromatic heterocycles. The van der Waals surface area contributed by atoms with Crippen LogP contribution < -0.4 is 15.4 Å². The van der Waals surface area contributed by atoms with Crippen molar-refractivity contribution in [1.82, 2.24) is 15.6 Å². The zero-order valence-corrected chi connectivity index (χ0v) is 19.4. The molecular weight excluding hydrogens is 441 g/mol. The van der Waals surface area contributed by atoms with Crippen molar-refractivity contribution in [3.63, 3.8) is 0 Å². The molecule has 0 spiro atoms. The highest BCUT2D eigenvalue weighted by atomic mass is 19.1. The van der Waals surface area contributed by atoms with E-state index in [0.29, 0.717) is 56.0 Å². The Bertz CT molecular complexity index is 1070. The summed E-state index contributed by atoms with van der Waals surface area (Å²) < 4.78 is 25.7. The number of carbonyl (C=O) groups excluding carboxylic acids is 2. The van der Waals surface area contributed by atoms with E-state index >= 15 is 0 Å². The highest BCUT2D eigenvalue weighted by Gasteiger charge is 2.28. The molecule has 9 heteroatoms. The largest absolute Gasteiger partial charge is 0.491 e. The van der Waals surface area contributed by atoms with Gasteiger partial charge in [0, 0.05) is 31.6 Å². The van der Waals surface area contributed by atoms with Crippen LogP contribution in [0.15, 0.2) is 24.3 Å². The highest BCUT2D eigenvalue weighted by Crippen LogP contribution is 2.31. The third kappa shape index (κ3) is 5.53. The molecule has 1 saturated heterocycles. The van der Waals surface area contributed by atoms with Gasteiger partial charge in [-0.05, 0) is 36.1 Å². The summed E-state index contributed by atoms with van der Waals surface area (Å²) in [6.45, 7) is 5.51. The van der Waals surface area contributed by atoms with E-state index in [1.54, 1.807) is 12.1 Å². The van der Waals surface area contributed by atoms with Gasteiger partial charge in [0.25, 0.3) is 11.8 Å². The Morgan fingerprint density at radius 2 is 2.06 bits per heavy atom. The van der Waals surface area contributed by atoms with Crippen molar-refractivity contribution in [3.05, 3.63) is 58.2 Å². The van der Waals surface area contributed by atoms with Crippen molar-refractivity contribution in [2.45, 2.75) is 45.3 Å². The molecule has 8 nitrogen and oxygen atoms in total. The minimum atomic E-state index is -0.769. The van der Waals surface area contributed by atoms with Crippen LogP contribution in [-0.4, -0.2) is 60.4 Å².